The minimum Gasteiger partial charge on any atom is -0.490 e. The van der Waals surface area contributed by atoms with E-state index in [1.807, 2.05) is 0 Å². The fourth-order valence-electron chi connectivity index (χ4n) is 2.21. The van der Waals surface area contributed by atoms with E-state index in [2.05, 4.69) is 13.2 Å². The van der Waals surface area contributed by atoms with E-state index in [1.54, 1.807) is 30.3 Å². The molecule has 0 aliphatic rings. The third kappa shape index (κ3) is 4.28. The highest BCUT2D eigenvalue weighted by molar-refractivity contribution is 7.92. The van der Waals surface area contributed by atoms with Crippen molar-refractivity contribution >= 4 is 21.4 Å². The maximum absolute atomic E-state index is 13.0. The Morgan fingerprint density at radius 1 is 1.12 bits per heavy atom. The molecule has 0 aromatic heterocycles. The quantitative estimate of drug-likeness (QED) is 0.380. The maximum atomic E-state index is 13.0. The van der Waals surface area contributed by atoms with Gasteiger partial charge in [-0.15, -0.1) is 6.58 Å². The molecule has 0 unspecified atom stereocenters. The average Bonchev–Trinajstić information content (AvgIpc) is 2.65. The van der Waals surface area contributed by atoms with Gasteiger partial charge in [-0.3, -0.25) is 14.4 Å². The van der Waals surface area contributed by atoms with Gasteiger partial charge in [0, 0.05) is 12.1 Å². The van der Waals surface area contributed by atoms with Gasteiger partial charge in [0.2, 0.25) is 0 Å². The summed E-state index contributed by atoms with van der Waals surface area (Å²) in [7, 11) is -4.00. The third-order valence-electron chi connectivity index (χ3n) is 3.40. The second kappa shape index (κ2) is 8.30. The highest BCUT2D eigenvalue weighted by atomic mass is 32.2. The average molecular weight is 374 g/mol. The zero-order valence-electron chi connectivity index (χ0n) is 13.9. The third-order valence-corrected chi connectivity index (χ3v) is 5.19. The zero-order chi connectivity index (χ0) is 19.2. The summed E-state index contributed by atoms with van der Waals surface area (Å²) in [6, 6.07) is 11.4. The minimum atomic E-state index is -4.00. The molecule has 0 spiro atoms. The van der Waals surface area contributed by atoms with E-state index in [1.165, 1.54) is 24.3 Å². The Labute approximate surface area is 152 Å². The summed E-state index contributed by atoms with van der Waals surface area (Å²) in [5, 5.41) is 10.9. The zero-order valence-corrected chi connectivity index (χ0v) is 14.8. The molecule has 0 bridgehead atoms. The Hall–Kier alpha value is -3.13. The Bertz CT molecular complexity index is 907. The normalized spacial score (nSPS) is 10.8. The van der Waals surface area contributed by atoms with Gasteiger partial charge in [-0.05, 0) is 30.3 Å². The van der Waals surface area contributed by atoms with Gasteiger partial charge >= 0.3 is 0 Å². The van der Waals surface area contributed by atoms with Crippen LogP contribution in [-0.4, -0.2) is 26.5 Å². The first-order valence-electron chi connectivity index (χ1n) is 7.62. The molecule has 0 fully saturated rings. The van der Waals surface area contributed by atoms with Gasteiger partial charge in [0.05, 0.1) is 22.1 Å². The van der Waals surface area contributed by atoms with Crippen LogP contribution in [0.3, 0.4) is 0 Å². The largest absolute Gasteiger partial charge is 0.490 e. The van der Waals surface area contributed by atoms with Crippen LogP contribution in [0.5, 0.6) is 5.75 Å². The van der Waals surface area contributed by atoms with Crippen molar-refractivity contribution in [3.05, 3.63) is 84.0 Å². The molecule has 0 saturated heterocycles. The first-order valence-corrected chi connectivity index (χ1v) is 9.06. The number of rotatable bonds is 9. The monoisotopic (exact) mass is 374 g/mol. The molecule has 0 aliphatic heterocycles. The summed E-state index contributed by atoms with van der Waals surface area (Å²) < 4.78 is 32.4. The van der Waals surface area contributed by atoms with Crippen LogP contribution < -0.4 is 9.04 Å². The Morgan fingerprint density at radius 3 is 2.38 bits per heavy atom. The van der Waals surface area contributed by atoms with Crippen molar-refractivity contribution in [2.24, 2.45) is 0 Å². The number of hydrogen-bond acceptors (Lipinski definition) is 5. The molecule has 0 N–H and O–H groups in total. The van der Waals surface area contributed by atoms with E-state index in [-0.39, 0.29) is 17.1 Å². The van der Waals surface area contributed by atoms with Gasteiger partial charge in [-0.25, -0.2) is 8.42 Å². The molecule has 0 aliphatic carbocycles. The van der Waals surface area contributed by atoms with Crippen LogP contribution in [0.4, 0.5) is 11.4 Å². The number of sulfonamides is 1. The Kier molecular flexibility index (Phi) is 6.13. The van der Waals surface area contributed by atoms with Crippen molar-refractivity contribution in [1.82, 2.24) is 0 Å². The van der Waals surface area contributed by atoms with Gasteiger partial charge < -0.3 is 4.74 Å². The van der Waals surface area contributed by atoms with Crippen molar-refractivity contribution in [1.29, 1.82) is 0 Å². The molecule has 7 nitrogen and oxygen atoms in total. The van der Waals surface area contributed by atoms with Crippen molar-refractivity contribution in [2.45, 2.75) is 4.90 Å². The number of nitrogens with zero attached hydrogens (tertiary/aromatic N) is 2. The molecule has 0 heterocycles. The molecule has 0 saturated carbocycles. The summed E-state index contributed by atoms with van der Waals surface area (Å²) in [6.07, 6.45) is 3.04. The van der Waals surface area contributed by atoms with Gasteiger partial charge in [0.15, 0.2) is 0 Å². The molecule has 8 heteroatoms. The lowest BCUT2D eigenvalue weighted by Gasteiger charge is -2.23. The number of nitro groups is 1. The lowest BCUT2D eigenvalue weighted by molar-refractivity contribution is -0.385. The van der Waals surface area contributed by atoms with Crippen LogP contribution in [0.15, 0.2) is 78.7 Å². The second-order valence-electron chi connectivity index (χ2n) is 5.17. The molecule has 136 valence electrons. The van der Waals surface area contributed by atoms with Crippen LogP contribution in [0.1, 0.15) is 0 Å². The van der Waals surface area contributed by atoms with Crippen molar-refractivity contribution in [3.8, 4) is 5.75 Å². The van der Waals surface area contributed by atoms with E-state index in [0.717, 1.165) is 10.4 Å². The second-order valence-corrected chi connectivity index (χ2v) is 7.04. The number of hydrogen-bond donors (Lipinski definition) is 0. The van der Waals surface area contributed by atoms with Crippen molar-refractivity contribution < 1.29 is 18.1 Å². The SMILES string of the molecule is C=CCOc1ccc(N(CC=C)S(=O)(=O)c2cccc([N+](=O)[O-])c2)cc1. The van der Waals surface area contributed by atoms with Gasteiger partial charge in [-0.1, -0.05) is 24.8 Å². The number of ether oxygens (including phenoxy) is 1. The van der Waals surface area contributed by atoms with Crippen LogP contribution in [0, 0.1) is 10.1 Å². The van der Waals surface area contributed by atoms with E-state index < -0.39 is 14.9 Å². The predicted octanol–water partition coefficient (Wildman–Crippen LogP) is 3.54. The molecule has 2 aromatic carbocycles. The summed E-state index contributed by atoms with van der Waals surface area (Å²) in [5.74, 6) is 0.569. The van der Waals surface area contributed by atoms with E-state index >= 15 is 0 Å². The lowest BCUT2D eigenvalue weighted by atomic mass is 10.3. The van der Waals surface area contributed by atoms with Gasteiger partial charge in [0.1, 0.15) is 12.4 Å². The van der Waals surface area contributed by atoms with Crippen LogP contribution in [0.25, 0.3) is 0 Å². The van der Waals surface area contributed by atoms with Crippen LogP contribution in [-0.2, 0) is 10.0 Å². The predicted molar refractivity (Wildman–Crippen MR) is 100.0 cm³/mol. The topological polar surface area (TPSA) is 89.8 Å². The van der Waals surface area contributed by atoms with Crippen LogP contribution >= 0.6 is 0 Å². The standard InChI is InChI=1S/C18H18N2O5S/c1-3-12-19(15-8-10-17(11-9-15)25-13-4-2)26(23,24)18-7-5-6-16(14-18)20(21)22/h3-11,14H,1-2,12-13H2. The first-order chi connectivity index (χ1) is 12.4. The highest BCUT2D eigenvalue weighted by Crippen LogP contribution is 2.27. The smallest absolute Gasteiger partial charge is 0.270 e. The molecule has 0 radical (unpaired) electrons. The highest BCUT2D eigenvalue weighted by Gasteiger charge is 2.25. The molecular formula is C18H18N2O5S. The summed E-state index contributed by atoms with van der Waals surface area (Å²) in [5.41, 5.74) is 0.0974. The fraction of sp³-hybridized carbons (Fsp3) is 0.111. The van der Waals surface area contributed by atoms with Gasteiger partial charge in [0.25, 0.3) is 15.7 Å². The summed E-state index contributed by atoms with van der Waals surface area (Å²) in [6.45, 7) is 7.49. The molecule has 0 amide bonds. The Morgan fingerprint density at radius 2 is 1.81 bits per heavy atom. The number of nitro benzene ring substituents is 1. The molecule has 26 heavy (non-hydrogen) atoms. The minimum absolute atomic E-state index is 0.0118. The number of non-ortho nitro benzene ring substituents is 1. The van der Waals surface area contributed by atoms with E-state index in [9.17, 15) is 18.5 Å². The van der Waals surface area contributed by atoms with Crippen LogP contribution in [0.2, 0.25) is 0 Å². The number of anilines is 1. The summed E-state index contributed by atoms with van der Waals surface area (Å²) >= 11 is 0. The molecule has 2 rings (SSSR count). The molecule has 2 aromatic rings. The molecule has 0 atom stereocenters. The van der Waals surface area contributed by atoms with Gasteiger partial charge in [-0.2, -0.15) is 0 Å². The van der Waals surface area contributed by atoms with Crippen molar-refractivity contribution in [3.63, 3.8) is 0 Å². The lowest BCUT2D eigenvalue weighted by Crippen LogP contribution is -2.31. The Balaban J connectivity index is 2.41. The van der Waals surface area contributed by atoms with Crippen molar-refractivity contribution in [2.75, 3.05) is 17.5 Å². The maximum Gasteiger partial charge on any atom is 0.270 e. The van der Waals surface area contributed by atoms with E-state index in [4.69, 9.17) is 4.74 Å². The molecular weight excluding hydrogens is 356 g/mol. The summed E-state index contributed by atoms with van der Waals surface area (Å²) in [4.78, 5) is 10.1. The van der Waals surface area contributed by atoms with E-state index in [0.29, 0.717) is 18.0 Å². The fourth-order valence-corrected chi connectivity index (χ4v) is 3.68. The first kappa shape index (κ1) is 19.2. The number of benzene rings is 2.